The third-order valence-corrected chi connectivity index (χ3v) is 2.49. The van der Waals surface area contributed by atoms with E-state index in [9.17, 15) is 0 Å². The number of aliphatic hydroxyl groups excluding tert-OH is 1. The summed E-state index contributed by atoms with van der Waals surface area (Å²) in [5.41, 5.74) is 0.963. The van der Waals surface area contributed by atoms with Gasteiger partial charge >= 0.3 is 0 Å². The standard InChI is InChI=1S/C11H14O2S/c1-9(2)13-8-11-10(4-3-6-12)5-7-14-11/h5,7,9,12H,6,8H2,1-2H3. The third kappa shape index (κ3) is 3.51. The van der Waals surface area contributed by atoms with Crippen LogP contribution in [0.15, 0.2) is 11.4 Å². The number of ether oxygens (including phenoxy) is 1. The Morgan fingerprint density at radius 3 is 3.00 bits per heavy atom. The lowest BCUT2D eigenvalue weighted by Crippen LogP contribution is -2.01. The van der Waals surface area contributed by atoms with Gasteiger partial charge in [0.25, 0.3) is 0 Å². The molecule has 0 fully saturated rings. The van der Waals surface area contributed by atoms with Crippen LogP contribution in [-0.4, -0.2) is 17.8 Å². The Morgan fingerprint density at radius 1 is 1.57 bits per heavy atom. The van der Waals surface area contributed by atoms with Crippen LogP contribution in [0, 0.1) is 11.8 Å². The molecular formula is C11H14O2S. The summed E-state index contributed by atoms with van der Waals surface area (Å²) in [6.45, 7) is 4.52. The third-order valence-electron chi connectivity index (χ3n) is 1.60. The molecule has 1 N–H and O–H groups in total. The summed E-state index contributed by atoms with van der Waals surface area (Å²) in [6.07, 6.45) is 0.232. The number of thiophene rings is 1. The molecule has 0 aliphatic heterocycles. The van der Waals surface area contributed by atoms with E-state index in [2.05, 4.69) is 11.8 Å². The molecule has 0 saturated carbocycles. The van der Waals surface area contributed by atoms with E-state index in [1.807, 2.05) is 25.3 Å². The van der Waals surface area contributed by atoms with Gasteiger partial charge in [0.15, 0.2) is 0 Å². The molecule has 1 aromatic heterocycles. The minimum Gasteiger partial charge on any atom is -0.384 e. The van der Waals surface area contributed by atoms with E-state index in [0.717, 1.165) is 10.4 Å². The molecule has 0 spiro atoms. The fourth-order valence-corrected chi connectivity index (χ4v) is 1.69. The highest BCUT2D eigenvalue weighted by atomic mass is 32.1. The molecule has 1 aromatic rings. The Hall–Kier alpha value is -0.820. The van der Waals surface area contributed by atoms with E-state index in [1.54, 1.807) is 11.3 Å². The molecule has 0 bridgehead atoms. The van der Waals surface area contributed by atoms with Crippen molar-refractivity contribution in [2.75, 3.05) is 6.61 Å². The van der Waals surface area contributed by atoms with Crippen molar-refractivity contribution < 1.29 is 9.84 Å². The van der Waals surface area contributed by atoms with Crippen molar-refractivity contribution in [3.8, 4) is 11.8 Å². The van der Waals surface area contributed by atoms with E-state index >= 15 is 0 Å². The first-order valence-corrected chi connectivity index (χ1v) is 5.39. The second-order valence-corrected chi connectivity index (χ2v) is 4.08. The van der Waals surface area contributed by atoms with Gasteiger partial charge in [-0.1, -0.05) is 11.8 Å². The Bertz CT molecular complexity index is 331. The zero-order valence-electron chi connectivity index (χ0n) is 8.41. The normalized spacial score (nSPS) is 10.0. The van der Waals surface area contributed by atoms with Gasteiger partial charge < -0.3 is 9.84 Å². The summed E-state index contributed by atoms with van der Waals surface area (Å²) >= 11 is 1.63. The molecule has 0 unspecified atom stereocenters. The Kier molecular flexibility index (Phi) is 4.68. The lowest BCUT2D eigenvalue weighted by atomic mass is 10.2. The molecule has 0 amide bonds. The van der Waals surface area contributed by atoms with Gasteiger partial charge in [0.05, 0.1) is 12.7 Å². The zero-order chi connectivity index (χ0) is 10.4. The first kappa shape index (κ1) is 11.3. The molecule has 1 heterocycles. The smallest absolute Gasteiger partial charge is 0.104 e. The van der Waals surface area contributed by atoms with Crippen molar-refractivity contribution in [3.05, 3.63) is 21.9 Å². The number of hydrogen-bond acceptors (Lipinski definition) is 3. The molecule has 76 valence electrons. The van der Waals surface area contributed by atoms with E-state index in [4.69, 9.17) is 9.84 Å². The number of aliphatic hydroxyl groups is 1. The molecule has 0 aromatic carbocycles. The number of rotatable bonds is 3. The fraction of sp³-hybridized carbons (Fsp3) is 0.455. The Balaban J connectivity index is 2.63. The SMILES string of the molecule is CC(C)OCc1sccc1C#CCO. The second kappa shape index (κ2) is 5.82. The van der Waals surface area contributed by atoms with Gasteiger partial charge in [0.1, 0.15) is 6.61 Å². The van der Waals surface area contributed by atoms with Gasteiger partial charge in [0, 0.05) is 10.4 Å². The van der Waals surface area contributed by atoms with Crippen LogP contribution in [0.5, 0.6) is 0 Å². The van der Waals surface area contributed by atoms with Crippen LogP contribution >= 0.6 is 11.3 Å². The van der Waals surface area contributed by atoms with Gasteiger partial charge in [0.2, 0.25) is 0 Å². The summed E-state index contributed by atoms with van der Waals surface area (Å²) in [5, 5.41) is 10.6. The summed E-state index contributed by atoms with van der Waals surface area (Å²) in [5.74, 6) is 5.53. The molecular weight excluding hydrogens is 196 g/mol. The second-order valence-electron chi connectivity index (χ2n) is 3.08. The van der Waals surface area contributed by atoms with Crippen LogP contribution < -0.4 is 0 Å². The van der Waals surface area contributed by atoms with E-state index in [0.29, 0.717) is 6.61 Å². The summed E-state index contributed by atoms with van der Waals surface area (Å²) in [6, 6.07) is 1.95. The van der Waals surface area contributed by atoms with Crippen LogP contribution in [0.1, 0.15) is 24.3 Å². The highest BCUT2D eigenvalue weighted by Gasteiger charge is 2.02. The molecule has 14 heavy (non-hydrogen) atoms. The molecule has 0 aliphatic carbocycles. The van der Waals surface area contributed by atoms with Gasteiger partial charge in [-0.2, -0.15) is 0 Å². The van der Waals surface area contributed by atoms with Crippen molar-refractivity contribution in [2.45, 2.75) is 26.6 Å². The largest absolute Gasteiger partial charge is 0.384 e. The van der Waals surface area contributed by atoms with Gasteiger partial charge in [-0.15, -0.1) is 11.3 Å². The fourth-order valence-electron chi connectivity index (χ4n) is 0.941. The average molecular weight is 210 g/mol. The maximum atomic E-state index is 8.57. The highest BCUT2D eigenvalue weighted by Crippen LogP contribution is 2.17. The van der Waals surface area contributed by atoms with Gasteiger partial charge in [-0.25, -0.2) is 0 Å². The zero-order valence-corrected chi connectivity index (χ0v) is 9.23. The Labute approximate surface area is 88.5 Å². The molecule has 0 radical (unpaired) electrons. The lowest BCUT2D eigenvalue weighted by Gasteiger charge is -2.05. The van der Waals surface area contributed by atoms with Crippen molar-refractivity contribution in [3.63, 3.8) is 0 Å². The average Bonchev–Trinajstić information content (AvgIpc) is 2.58. The summed E-state index contributed by atoms with van der Waals surface area (Å²) < 4.78 is 5.49. The van der Waals surface area contributed by atoms with E-state index in [-0.39, 0.29) is 12.7 Å². The molecule has 3 heteroatoms. The molecule has 1 rings (SSSR count). The highest BCUT2D eigenvalue weighted by molar-refractivity contribution is 7.10. The van der Waals surface area contributed by atoms with Crippen LogP contribution in [0.3, 0.4) is 0 Å². The summed E-state index contributed by atoms with van der Waals surface area (Å²) in [7, 11) is 0. The first-order chi connectivity index (χ1) is 6.74. The van der Waals surface area contributed by atoms with Gasteiger partial charge in [-0.3, -0.25) is 0 Å². The lowest BCUT2D eigenvalue weighted by molar-refractivity contribution is 0.0673. The van der Waals surface area contributed by atoms with Crippen LogP contribution in [0.25, 0.3) is 0 Å². The minimum absolute atomic E-state index is 0.0969. The Morgan fingerprint density at radius 2 is 2.36 bits per heavy atom. The molecule has 2 nitrogen and oxygen atoms in total. The van der Waals surface area contributed by atoms with Crippen LogP contribution in [-0.2, 0) is 11.3 Å². The predicted molar refractivity (Wildman–Crippen MR) is 58.2 cm³/mol. The van der Waals surface area contributed by atoms with Crippen molar-refractivity contribution >= 4 is 11.3 Å². The topological polar surface area (TPSA) is 29.5 Å². The van der Waals surface area contributed by atoms with E-state index in [1.165, 1.54) is 0 Å². The van der Waals surface area contributed by atoms with Crippen LogP contribution in [0.2, 0.25) is 0 Å². The van der Waals surface area contributed by atoms with Crippen molar-refractivity contribution in [1.29, 1.82) is 0 Å². The molecule has 0 saturated heterocycles. The molecule has 0 aliphatic rings. The van der Waals surface area contributed by atoms with E-state index < -0.39 is 0 Å². The monoisotopic (exact) mass is 210 g/mol. The quantitative estimate of drug-likeness (QED) is 0.773. The maximum Gasteiger partial charge on any atom is 0.104 e. The van der Waals surface area contributed by atoms with Gasteiger partial charge in [-0.05, 0) is 25.3 Å². The first-order valence-electron chi connectivity index (χ1n) is 4.51. The maximum absolute atomic E-state index is 8.57. The predicted octanol–water partition coefficient (Wildman–Crippen LogP) is 2.02. The van der Waals surface area contributed by atoms with Crippen molar-refractivity contribution in [1.82, 2.24) is 0 Å². The summed E-state index contributed by atoms with van der Waals surface area (Å²) in [4.78, 5) is 1.12. The van der Waals surface area contributed by atoms with Crippen molar-refractivity contribution in [2.24, 2.45) is 0 Å². The number of hydrogen-bond donors (Lipinski definition) is 1. The molecule has 0 atom stereocenters. The minimum atomic E-state index is -0.0969. The van der Waals surface area contributed by atoms with Crippen LogP contribution in [0.4, 0.5) is 0 Å².